The van der Waals surface area contributed by atoms with Gasteiger partial charge in [-0.3, -0.25) is 14.9 Å². The zero-order valence-corrected chi connectivity index (χ0v) is 20.0. The summed E-state index contributed by atoms with van der Waals surface area (Å²) in [6, 6.07) is 13.1. The number of imidazole rings is 1. The maximum Gasteiger partial charge on any atom is 0.251 e. The fraction of sp³-hybridized carbons (Fsp3) is 0.296. The minimum absolute atomic E-state index is 0.119. The molecular formula is C27H27N7O2. The van der Waals surface area contributed by atoms with Crippen LogP contribution >= 0.6 is 0 Å². The number of H-pyrrole nitrogens is 1. The number of hydrogen-bond acceptors (Lipinski definition) is 6. The SMILES string of the molecule is Cc1cc(-c2n[nH]c3ccc(C(=O)NC4CCCC(O)(Cn5cnc6ncccc65)C4)cc23)ccn1. The van der Waals surface area contributed by atoms with Crippen molar-refractivity contribution in [2.45, 2.75) is 50.8 Å². The van der Waals surface area contributed by atoms with Crippen molar-refractivity contribution in [3.05, 3.63) is 72.4 Å². The lowest BCUT2D eigenvalue weighted by Crippen LogP contribution is -2.47. The van der Waals surface area contributed by atoms with Gasteiger partial charge < -0.3 is 15.0 Å². The average molecular weight is 482 g/mol. The van der Waals surface area contributed by atoms with Crippen molar-refractivity contribution in [3.63, 3.8) is 0 Å². The molecule has 5 aromatic rings. The van der Waals surface area contributed by atoms with Gasteiger partial charge in [-0.2, -0.15) is 5.10 Å². The van der Waals surface area contributed by atoms with Gasteiger partial charge in [0.05, 0.1) is 29.5 Å². The number of pyridine rings is 2. The summed E-state index contributed by atoms with van der Waals surface area (Å²) in [6.07, 6.45) is 8.01. The lowest BCUT2D eigenvalue weighted by molar-refractivity contribution is -0.0203. The molecule has 0 bridgehead atoms. The number of hydrogen-bond donors (Lipinski definition) is 3. The van der Waals surface area contributed by atoms with Crippen molar-refractivity contribution < 1.29 is 9.90 Å². The summed E-state index contributed by atoms with van der Waals surface area (Å²) < 4.78 is 1.95. The highest BCUT2D eigenvalue weighted by molar-refractivity contribution is 6.01. The van der Waals surface area contributed by atoms with Gasteiger partial charge in [0.15, 0.2) is 5.65 Å². The molecule has 1 saturated carbocycles. The molecule has 4 heterocycles. The Labute approximate surface area is 207 Å². The topological polar surface area (TPSA) is 122 Å². The van der Waals surface area contributed by atoms with E-state index in [1.807, 2.05) is 47.9 Å². The first-order valence-electron chi connectivity index (χ1n) is 12.2. The fourth-order valence-electron chi connectivity index (χ4n) is 5.29. The predicted molar refractivity (Wildman–Crippen MR) is 136 cm³/mol. The molecule has 9 nitrogen and oxygen atoms in total. The molecule has 1 aromatic carbocycles. The number of nitrogens with zero attached hydrogens (tertiary/aromatic N) is 5. The highest BCUT2D eigenvalue weighted by Crippen LogP contribution is 2.32. The molecule has 2 atom stereocenters. The quantitative estimate of drug-likeness (QED) is 0.351. The summed E-state index contributed by atoms with van der Waals surface area (Å²) in [7, 11) is 0. The van der Waals surface area contributed by atoms with Crippen LogP contribution in [0, 0.1) is 6.92 Å². The summed E-state index contributed by atoms with van der Waals surface area (Å²) in [5.74, 6) is -0.151. The molecule has 1 aliphatic carbocycles. The zero-order valence-electron chi connectivity index (χ0n) is 20.0. The molecule has 182 valence electrons. The van der Waals surface area contributed by atoms with E-state index in [-0.39, 0.29) is 11.9 Å². The Balaban J connectivity index is 1.20. The van der Waals surface area contributed by atoms with Crippen molar-refractivity contribution in [2.75, 3.05) is 0 Å². The van der Waals surface area contributed by atoms with Crippen LogP contribution in [0.3, 0.4) is 0 Å². The lowest BCUT2D eigenvalue weighted by Gasteiger charge is -2.37. The van der Waals surface area contributed by atoms with E-state index >= 15 is 0 Å². The Morgan fingerprint density at radius 3 is 3.00 bits per heavy atom. The number of benzene rings is 1. The van der Waals surface area contributed by atoms with Crippen LogP contribution in [0.15, 0.2) is 61.2 Å². The van der Waals surface area contributed by atoms with E-state index in [0.29, 0.717) is 30.6 Å². The molecule has 0 aliphatic heterocycles. The van der Waals surface area contributed by atoms with Crippen molar-refractivity contribution in [3.8, 4) is 11.3 Å². The van der Waals surface area contributed by atoms with Gasteiger partial charge in [0.1, 0.15) is 5.69 Å². The van der Waals surface area contributed by atoms with E-state index in [1.54, 1.807) is 24.8 Å². The minimum atomic E-state index is -0.930. The fourth-order valence-corrected chi connectivity index (χ4v) is 5.29. The summed E-state index contributed by atoms with van der Waals surface area (Å²) >= 11 is 0. The molecule has 36 heavy (non-hydrogen) atoms. The minimum Gasteiger partial charge on any atom is -0.388 e. The maximum atomic E-state index is 13.2. The Morgan fingerprint density at radius 2 is 2.11 bits per heavy atom. The van der Waals surface area contributed by atoms with Crippen molar-refractivity contribution in [1.82, 2.24) is 35.0 Å². The number of rotatable bonds is 5. The third-order valence-corrected chi connectivity index (χ3v) is 7.01. The first-order chi connectivity index (χ1) is 17.5. The molecule has 0 radical (unpaired) electrons. The second-order valence-corrected chi connectivity index (χ2v) is 9.73. The van der Waals surface area contributed by atoms with E-state index in [1.165, 1.54) is 0 Å². The number of carbonyl (C=O) groups is 1. The van der Waals surface area contributed by atoms with E-state index in [9.17, 15) is 9.90 Å². The molecule has 1 aliphatic rings. The third kappa shape index (κ3) is 4.22. The molecule has 2 unspecified atom stereocenters. The average Bonchev–Trinajstić information content (AvgIpc) is 3.48. The summed E-state index contributed by atoms with van der Waals surface area (Å²) in [5.41, 5.74) is 4.71. The van der Waals surface area contributed by atoms with Crippen LogP contribution in [0.4, 0.5) is 0 Å². The molecule has 1 fully saturated rings. The molecular weight excluding hydrogens is 454 g/mol. The molecule has 6 rings (SSSR count). The Hall–Kier alpha value is -4.11. The standard InChI is InChI=1S/C27H27N7O2/c1-17-12-18(8-11-28-17)24-21-13-19(6-7-22(21)32-33-24)26(35)31-20-4-2-9-27(36,14-20)15-34-16-30-25-23(34)5-3-10-29-25/h3,5-8,10-13,16,20,36H,2,4,9,14-15H2,1H3,(H,31,35)(H,32,33). The maximum absolute atomic E-state index is 13.2. The number of fused-ring (bicyclic) bond motifs is 2. The summed E-state index contributed by atoms with van der Waals surface area (Å²) in [6.45, 7) is 2.35. The van der Waals surface area contributed by atoms with E-state index in [4.69, 9.17) is 0 Å². The van der Waals surface area contributed by atoms with Gasteiger partial charge in [-0.25, -0.2) is 9.97 Å². The summed E-state index contributed by atoms with van der Waals surface area (Å²) in [4.78, 5) is 26.1. The van der Waals surface area contributed by atoms with E-state index in [0.717, 1.165) is 46.2 Å². The van der Waals surface area contributed by atoms with Gasteiger partial charge in [0.2, 0.25) is 0 Å². The molecule has 4 aromatic heterocycles. The van der Waals surface area contributed by atoms with Crippen LogP contribution in [0.25, 0.3) is 33.3 Å². The first-order valence-corrected chi connectivity index (χ1v) is 12.2. The number of aromatic amines is 1. The first kappa shape index (κ1) is 22.4. The zero-order chi connectivity index (χ0) is 24.7. The monoisotopic (exact) mass is 481 g/mol. The Bertz CT molecular complexity index is 1570. The third-order valence-electron chi connectivity index (χ3n) is 7.01. The van der Waals surface area contributed by atoms with Crippen LogP contribution in [0.1, 0.15) is 41.7 Å². The largest absolute Gasteiger partial charge is 0.388 e. The second kappa shape index (κ2) is 8.83. The van der Waals surface area contributed by atoms with Gasteiger partial charge in [-0.15, -0.1) is 0 Å². The predicted octanol–water partition coefficient (Wildman–Crippen LogP) is 3.78. The summed E-state index contributed by atoms with van der Waals surface area (Å²) in [5, 5.41) is 23.0. The van der Waals surface area contributed by atoms with Crippen LogP contribution < -0.4 is 5.32 Å². The number of aromatic nitrogens is 6. The molecule has 1 amide bonds. The van der Waals surface area contributed by atoms with Crippen molar-refractivity contribution in [2.24, 2.45) is 0 Å². The van der Waals surface area contributed by atoms with Crippen molar-refractivity contribution in [1.29, 1.82) is 0 Å². The molecule has 3 N–H and O–H groups in total. The number of aliphatic hydroxyl groups is 1. The van der Waals surface area contributed by atoms with Crippen LogP contribution in [0.2, 0.25) is 0 Å². The number of amides is 1. The highest BCUT2D eigenvalue weighted by Gasteiger charge is 2.36. The number of carbonyl (C=O) groups excluding carboxylic acids is 1. The van der Waals surface area contributed by atoms with Gasteiger partial charge in [-0.1, -0.05) is 0 Å². The smallest absolute Gasteiger partial charge is 0.251 e. The Morgan fingerprint density at radius 1 is 1.19 bits per heavy atom. The van der Waals surface area contributed by atoms with Crippen LogP contribution in [-0.4, -0.2) is 52.4 Å². The van der Waals surface area contributed by atoms with Crippen LogP contribution in [0.5, 0.6) is 0 Å². The van der Waals surface area contributed by atoms with Gasteiger partial charge in [0.25, 0.3) is 5.91 Å². The molecule has 9 heteroatoms. The van der Waals surface area contributed by atoms with E-state index < -0.39 is 5.60 Å². The second-order valence-electron chi connectivity index (χ2n) is 9.73. The normalized spacial score (nSPS) is 20.1. The number of aryl methyl sites for hydroxylation is 1. The van der Waals surface area contributed by atoms with Gasteiger partial charge >= 0.3 is 0 Å². The Kier molecular flexibility index (Phi) is 5.49. The van der Waals surface area contributed by atoms with Crippen molar-refractivity contribution >= 4 is 28.0 Å². The lowest BCUT2D eigenvalue weighted by atomic mass is 9.81. The molecule has 0 saturated heterocycles. The highest BCUT2D eigenvalue weighted by atomic mass is 16.3. The number of nitrogens with one attached hydrogen (secondary N) is 2. The molecule has 0 spiro atoms. The van der Waals surface area contributed by atoms with Gasteiger partial charge in [0, 0.05) is 40.6 Å². The van der Waals surface area contributed by atoms with E-state index in [2.05, 4.69) is 30.5 Å². The van der Waals surface area contributed by atoms with Crippen LogP contribution in [-0.2, 0) is 6.54 Å². The van der Waals surface area contributed by atoms with Gasteiger partial charge in [-0.05, 0) is 75.1 Å².